The van der Waals surface area contributed by atoms with E-state index in [1.807, 2.05) is 0 Å². The van der Waals surface area contributed by atoms with Crippen LogP contribution in [0.5, 0.6) is 5.75 Å². The van der Waals surface area contributed by atoms with Crippen molar-refractivity contribution in [1.82, 2.24) is 5.32 Å². The lowest BCUT2D eigenvalue weighted by Gasteiger charge is -2.33. The zero-order chi connectivity index (χ0) is 15.7. The van der Waals surface area contributed by atoms with E-state index in [4.69, 9.17) is 4.74 Å². The predicted octanol–water partition coefficient (Wildman–Crippen LogP) is 4.78. The molecule has 1 aromatic carbocycles. The number of benzene rings is 1. The maximum atomic E-state index is 5.79. The fraction of sp³-hybridized carbons (Fsp3) is 0.684. The van der Waals surface area contributed by atoms with E-state index in [1.165, 1.54) is 12.0 Å². The average molecular weight is 291 g/mol. The molecule has 0 aromatic heterocycles. The lowest BCUT2D eigenvalue weighted by Crippen LogP contribution is -2.37. The zero-order valence-corrected chi connectivity index (χ0v) is 14.5. The molecule has 0 saturated carbocycles. The van der Waals surface area contributed by atoms with Crippen molar-refractivity contribution in [1.29, 1.82) is 0 Å². The van der Waals surface area contributed by atoms with E-state index < -0.39 is 0 Å². The van der Waals surface area contributed by atoms with Crippen molar-refractivity contribution in [3.05, 3.63) is 29.8 Å². The highest BCUT2D eigenvalue weighted by Gasteiger charge is 2.27. The molecule has 1 aromatic rings. The topological polar surface area (TPSA) is 21.3 Å². The van der Waals surface area contributed by atoms with Crippen molar-refractivity contribution in [3.8, 4) is 5.75 Å². The van der Waals surface area contributed by atoms with Gasteiger partial charge in [-0.1, -0.05) is 46.8 Å². The van der Waals surface area contributed by atoms with Gasteiger partial charge in [0.05, 0.1) is 6.61 Å². The largest absolute Gasteiger partial charge is 0.493 e. The SMILES string of the molecule is CCCNCC(CC)(CC)c1ccc(OCC(C)C)cc1. The minimum absolute atomic E-state index is 0.242. The van der Waals surface area contributed by atoms with E-state index >= 15 is 0 Å². The maximum absolute atomic E-state index is 5.79. The van der Waals surface area contributed by atoms with Gasteiger partial charge in [-0.25, -0.2) is 0 Å². The molecule has 0 spiro atoms. The summed E-state index contributed by atoms with van der Waals surface area (Å²) in [5.74, 6) is 1.54. The summed E-state index contributed by atoms with van der Waals surface area (Å²) in [5, 5.41) is 3.60. The molecular formula is C19H33NO. The molecule has 0 amide bonds. The Morgan fingerprint density at radius 1 is 1.05 bits per heavy atom. The second-order valence-electron chi connectivity index (χ2n) is 6.39. The van der Waals surface area contributed by atoms with Crippen LogP contribution in [0.1, 0.15) is 59.4 Å². The second kappa shape index (κ2) is 9.09. The van der Waals surface area contributed by atoms with Gasteiger partial charge in [0.2, 0.25) is 0 Å². The normalized spacial score (nSPS) is 11.9. The zero-order valence-electron chi connectivity index (χ0n) is 14.5. The van der Waals surface area contributed by atoms with Gasteiger partial charge in [-0.15, -0.1) is 0 Å². The summed E-state index contributed by atoms with van der Waals surface area (Å²) in [6.45, 7) is 14.1. The highest BCUT2D eigenvalue weighted by Crippen LogP contribution is 2.32. The molecule has 0 fully saturated rings. The van der Waals surface area contributed by atoms with E-state index in [2.05, 4.69) is 64.2 Å². The molecule has 0 atom stereocenters. The Labute approximate surface area is 131 Å². The van der Waals surface area contributed by atoms with Gasteiger partial charge >= 0.3 is 0 Å². The van der Waals surface area contributed by atoms with Gasteiger partial charge in [0.25, 0.3) is 0 Å². The van der Waals surface area contributed by atoms with Crippen molar-refractivity contribution in [2.24, 2.45) is 5.92 Å². The summed E-state index contributed by atoms with van der Waals surface area (Å²) in [7, 11) is 0. The first kappa shape index (κ1) is 18.0. The summed E-state index contributed by atoms with van der Waals surface area (Å²) >= 11 is 0. The Balaban J connectivity index is 2.78. The number of ether oxygens (including phenoxy) is 1. The van der Waals surface area contributed by atoms with Gasteiger partial charge in [0.1, 0.15) is 5.75 Å². The van der Waals surface area contributed by atoms with Crippen molar-refractivity contribution in [2.45, 2.75) is 59.3 Å². The van der Waals surface area contributed by atoms with Gasteiger partial charge in [0, 0.05) is 12.0 Å². The Kier molecular flexibility index (Phi) is 7.81. The minimum atomic E-state index is 0.242. The molecule has 0 saturated heterocycles. The number of hydrogen-bond acceptors (Lipinski definition) is 2. The van der Waals surface area contributed by atoms with Gasteiger partial charge in [-0.2, -0.15) is 0 Å². The van der Waals surface area contributed by atoms with Crippen LogP contribution in [0.4, 0.5) is 0 Å². The van der Waals surface area contributed by atoms with E-state index in [9.17, 15) is 0 Å². The summed E-state index contributed by atoms with van der Waals surface area (Å²) < 4.78 is 5.79. The second-order valence-corrected chi connectivity index (χ2v) is 6.39. The Hall–Kier alpha value is -1.02. The molecule has 120 valence electrons. The third kappa shape index (κ3) is 5.35. The summed E-state index contributed by atoms with van der Waals surface area (Å²) in [6, 6.07) is 8.74. The van der Waals surface area contributed by atoms with Gasteiger partial charge in [-0.3, -0.25) is 0 Å². The monoisotopic (exact) mass is 291 g/mol. The molecule has 0 unspecified atom stereocenters. The summed E-state index contributed by atoms with van der Waals surface area (Å²) in [4.78, 5) is 0. The standard InChI is InChI=1S/C19H33NO/c1-6-13-20-15-19(7-2,8-3)17-9-11-18(12-10-17)21-14-16(4)5/h9-12,16,20H,6-8,13-15H2,1-5H3. The van der Waals surface area contributed by atoms with Crippen LogP contribution in [-0.2, 0) is 5.41 Å². The number of rotatable bonds is 10. The van der Waals surface area contributed by atoms with Crippen LogP contribution in [0.25, 0.3) is 0 Å². The Morgan fingerprint density at radius 2 is 1.67 bits per heavy atom. The maximum Gasteiger partial charge on any atom is 0.119 e. The number of hydrogen-bond donors (Lipinski definition) is 1. The van der Waals surface area contributed by atoms with E-state index in [-0.39, 0.29) is 5.41 Å². The van der Waals surface area contributed by atoms with Crippen molar-refractivity contribution in [2.75, 3.05) is 19.7 Å². The smallest absolute Gasteiger partial charge is 0.119 e. The molecule has 2 nitrogen and oxygen atoms in total. The fourth-order valence-corrected chi connectivity index (χ4v) is 2.68. The van der Waals surface area contributed by atoms with Gasteiger partial charge in [-0.05, 0) is 49.4 Å². The van der Waals surface area contributed by atoms with Crippen LogP contribution in [0.2, 0.25) is 0 Å². The first-order chi connectivity index (χ1) is 10.1. The summed E-state index contributed by atoms with van der Waals surface area (Å²) in [6.07, 6.45) is 3.50. The van der Waals surface area contributed by atoms with Crippen LogP contribution in [0.3, 0.4) is 0 Å². The fourth-order valence-electron chi connectivity index (χ4n) is 2.68. The molecule has 0 heterocycles. The van der Waals surface area contributed by atoms with E-state index in [1.54, 1.807) is 0 Å². The highest BCUT2D eigenvalue weighted by atomic mass is 16.5. The van der Waals surface area contributed by atoms with Crippen LogP contribution >= 0.6 is 0 Å². The molecule has 1 N–H and O–H groups in total. The lowest BCUT2D eigenvalue weighted by atomic mass is 9.75. The van der Waals surface area contributed by atoms with Crippen LogP contribution in [0, 0.1) is 5.92 Å². The lowest BCUT2D eigenvalue weighted by molar-refractivity contribution is 0.270. The highest BCUT2D eigenvalue weighted by molar-refractivity contribution is 5.33. The molecular weight excluding hydrogens is 258 g/mol. The van der Waals surface area contributed by atoms with E-state index in [0.717, 1.165) is 38.3 Å². The van der Waals surface area contributed by atoms with Gasteiger partial charge < -0.3 is 10.1 Å². The molecule has 1 rings (SSSR count). The molecule has 0 radical (unpaired) electrons. The van der Waals surface area contributed by atoms with E-state index in [0.29, 0.717) is 5.92 Å². The molecule has 2 heteroatoms. The predicted molar refractivity (Wildman–Crippen MR) is 92.2 cm³/mol. The van der Waals surface area contributed by atoms with Crippen LogP contribution < -0.4 is 10.1 Å². The van der Waals surface area contributed by atoms with Crippen molar-refractivity contribution < 1.29 is 4.74 Å². The molecule has 0 aliphatic heterocycles. The van der Waals surface area contributed by atoms with Crippen LogP contribution in [-0.4, -0.2) is 19.7 Å². The molecule has 0 bridgehead atoms. The third-order valence-corrected chi connectivity index (χ3v) is 4.29. The quantitative estimate of drug-likeness (QED) is 0.626. The molecule has 0 aliphatic rings. The van der Waals surface area contributed by atoms with Crippen molar-refractivity contribution in [3.63, 3.8) is 0 Å². The molecule has 21 heavy (non-hydrogen) atoms. The van der Waals surface area contributed by atoms with Crippen molar-refractivity contribution >= 4 is 0 Å². The Morgan fingerprint density at radius 3 is 2.14 bits per heavy atom. The molecule has 0 aliphatic carbocycles. The Bertz CT molecular complexity index is 379. The minimum Gasteiger partial charge on any atom is -0.493 e. The summed E-state index contributed by atoms with van der Waals surface area (Å²) in [5.41, 5.74) is 1.67. The third-order valence-electron chi connectivity index (χ3n) is 4.29. The van der Waals surface area contributed by atoms with Crippen LogP contribution in [0.15, 0.2) is 24.3 Å². The average Bonchev–Trinajstić information content (AvgIpc) is 2.51. The first-order valence-electron chi connectivity index (χ1n) is 8.52. The van der Waals surface area contributed by atoms with Gasteiger partial charge in [0.15, 0.2) is 0 Å². The first-order valence-corrected chi connectivity index (χ1v) is 8.52. The number of nitrogens with one attached hydrogen (secondary N) is 1.